The Morgan fingerprint density at radius 1 is 1.18 bits per heavy atom. The Balaban J connectivity index is 1.54. The zero-order chi connectivity index (χ0) is 19.9. The molecule has 3 rings (SSSR count). The van der Waals surface area contributed by atoms with E-state index in [9.17, 15) is 4.79 Å². The van der Waals surface area contributed by atoms with Gasteiger partial charge in [0, 0.05) is 10.6 Å². The smallest absolute Gasteiger partial charge is 0.277 e. The van der Waals surface area contributed by atoms with Gasteiger partial charge in [0.1, 0.15) is 11.5 Å². The van der Waals surface area contributed by atoms with E-state index >= 15 is 0 Å². The molecule has 1 heterocycles. The Morgan fingerprint density at radius 2 is 1.96 bits per heavy atom. The van der Waals surface area contributed by atoms with Crippen molar-refractivity contribution < 1.29 is 18.7 Å². The van der Waals surface area contributed by atoms with Crippen LogP contribution < -0.4 is 14.9 Å². The molecule has 0 unspecified atom stereocenters. The Bertz CT molecular complexity index is 998. The van der Waals surface area contributed by atoms with Crippen LogP contribution in [-0.4, -0.2) is 25.8 Å². The number of hydrogen-bond acceptors (Lipinski definition) is 5. The van der Waals surface area contributed by atoms with Crippen molar-refractivity contribution in [2.75, 3.05) is 13.7 Å². The summed E-state index contributed by atoms with van der Waals surface area (Å²) in [7, 11) is 1.54. The topological polar surface area (TPSA) is 73.1 Å². The van der Waals surface area contributed by atoms with Crippen molar-refractivity contribution in [3.8, 4) is 22.8 Å². The molecule has 1 amide bonds. The van der Waals surface area contributed by atoms with Gasteiger partial charge in [-0.05, 0) is 42.8 Å². The van der Waals surface area contributed by atoms with Crippen LogP contribution in [0.2, 0.25) is 5.02 Å². The van der Waals surface area contributed by atoms with Gasteiger partial charge in [0.05, 0.1) is 13.3 Å². The number of hydrogen-bond donors (Lipinski definition) is 1. The lowest BCUT2D eigenvalue weighted by molar-refractivity contribution is -0.123. The van der Waals surface area contributed by atoms with Gasteiger partial charge in [0.2, 0.25) is 0 Å². The Morgan fingerprint density at radius 3 is 2.71 bits per heavy atom. The normalized spacial score (nSPS) is 10.8. The summed E-state index contributed by atoms with van der Waals surface area (Å²) >= 11 is 6.15. The van der Waals surface area contributed by atoms with Crippen LogP contribution in [0.4, 0.5) is 0 Å². The first kappa shape index (κ1) is 19.5. The van der Waals surface area contributed by atoms with Crippen LogP contribution >= 0.6 is 11.6 Å². The maximum Gasteiger partial charge on any atom is 0.277 e. The van der Waals surface area contributed by atoms with E-state index in [1.54, 1.807) is 24.3 Å². The van der Waals surface area contributed by atoms with Gasteiger partial charge in [-0.25, -0.2) is 5.43 Å². The summed E-state index contributed by atoms with van der Waals surface area (Å²) in [6, 6.07) is 16.3. The third-order valence-electron chi connectivity index (χ3n) is 3.89. The number of aryl methyl sites for hydroxylation is 1. The number of methoxy groups -OCH3 is 1. The first-order valence-corrected chi connectivity index (χ1v) is 8.88. The molecule has 1 aromatic heterocycles. The summed E-state index contributed by atoms with van der Waals surface area (Å²) in [5.41, 5.74) is 4.25. The number of hydrazone groups is 1. The summed E-state index contributed by atoms with van der Waals surface area (Å²) in [6.45, 7) is 1.75. The number of carbonyl (C=O) groups is 1. The van der Waals surface area contributed by atoms with Crippen LogP contribution in [0.3, 0.4) is 0 Å². The van der Waals surface area contributed by atoms with Gasteiger partial charge in [-0.2, -0.15) is 5.10 Å². The van der Waals surface area contributed by atoms with Gasteiger partial charge in [0.25, 0.3) is 5.91 Å². The summed E-state index contributed by atoms with van der Waals surface area (Å²) in [4.78, 5) is 11.9. The van der Waals surface area contributed by atoms with Crippen molar-refractivity contribution >= 4 is 23.7 Å². The van der Waals surface area contributed by atoms with Crippen molar-refractivity contribution in [3.05, 3.63) is 70.9 Å². The molecule has 6 nitrogen and oxygen atoms in total. The molecule has 144 valence electrons. The Hall–Kier alpha value is -3.25. The SMILES string of the molecule is COc1ccccc1OCC(=O)N/N=C\c1ccc(-c2ccc(C)c(Cl)c2)o1. The van der Waals surface area contributed by atoms with Crippen LogP contribution in [-0.2, 0) is 4.79 Å². The van der Waals surface area contributed by atoms with Crippen molar-refractivity contribution in [2.24, 2.45) is 5.10 Å². The van der Waals surface area contributed by atoms with Gasteiger partial charge in [0.15, 0.2) is 18.1 Å². The van der Waals surface area contributed by atoms with Crippen LogP contribution in [0.1, 0.15) is 11.3 Å². The second kappa shape index (κ2) is 9.10. The monoisotopic (exact) mass is 398 g/mol. The minimum absolute atomic E-state index is 0.191. The summed E-state index contributed by atoms with van der Waals surface area (Å²) in [6.07, 6.45) is 1.42. The van der Waals surface area contributed by atoms with E-state index in [-0.39, 0.29) is 6.61 Å². The van der Waals surface area contributed by atoms with E-state index in [1.807, 2.05) is 37.3 Å². The lowest BCUT2D eigenvalue weighted by Crippen LogP contribution is -2.24. The van der Waals surface area contributed by atoms with E-state index < -0.39 is 5.91 Å². The molecular formula is C21H19ClN2O4. The molecule has 0 aliphatic heterocycles. The number of para-hydroxylation sites is 2. The number of carbonyl (C=O) groups excluding carboxylic acids is 1. The van der Waals surface area contributed by atoms with Crippen LogP contribution in [0, 0.1) is 6.92 Å². The molecular weight excluding hydrogens is 380 g/mol. The zero-order valence-electron chi connectivity index (χ0n) is 15.4. The quantitative estimate of drug-likeness (QED) is 0.471. The van der Waals surface area contributed by atoms with Gasteiger partial charge in [-0.3, -0.25) is 4.79 Å². The standard InChI is InChI=1S/C21H19ClN2O4/c1-14-7-8-15(11-17(14)22)18-10-9-16(28-18)12-23-24-21(25)13-27-20-6-4-3-5-19(20)26-2/h3-12H,13H2,1-2H3,(H,24,25)/b23-12-. The van der Waals surface area contributed by atoms with Crippen LogP contribution in [0.5, 0.6) is 11.5 Å². The molecule has 0 saturated carbocycles. The van der Waals surface area contributed by atoms with Crippen molar-refractivity contribution in [1.82, 2.24) is 5.43 Å². The van der Waals surface area contributed by atoms with E-state index in [2.05, 4.69) is 10.5 Å². The van der Waals surface area contributed by atoms with Crippen molar-refractivity contribution in [3.63, 3.8) is 0 Å². The molecule has 0 aliphatic rings. The predicted octanol–water partition coefficient (Wildman–Crippen LogP) is 4.45. The number of nitrogens with zero attached hydrogens (tertiary/aromatic N) is 1. The highest BCUT2D eigenvalue weighted by Crippen LogP contribution is 2.27. The van der Waals surface area contributed by atoms with Crippen molar-refractivity contribution in [2.45, 2.75) is 6.92 Å². The second-order valence-corrected chi connectivity index (χ2v) is 6.31. The molecule has 0 spiro atoms. The molecule has 28 heavy (non-hydrogen) atoms. The number of halogens is 1. The fraction of sp³-hybridized carbons (Fsp3) is 0.143. The average Bonchev–Trinajstić information content (AvgIpc) is 3.17. The number of nitrogens with one attached hydrogen (secondary N) is 1. The highest BCUT2D eigenvalue weighted by molar-refractivity contribution is 6.31. The molecule has 2 aromatic carbocycles. The molecule has 7 heteroatoms. The maximum atomic E-state index is 11.9. The minimum atomic E-state index is -0.403. The fourth-order valence-electron chi connectivity index (χ4n) is 2.40. The second-order valence-electron chi connectivity index (χ2n) is 5.90. The molecule has 3 aromatic rings. The van der Waals surface area contributed by atoms with Gasteiger partial charge < -0.3 is 13.9 Å². The van der Waals surface area contributed by atoms with Gasteiger partial charge in [-0.15, -0.1) is 0 Å². The zero-order valence-corrected chi connectivity index (χ0v) is 16.2. The van der Waals surface area contributed by atoms with Crippen molar-refractivity contribution in [1.29, 1.82) is 0 Å². The molecule has 0 atom stereocenters. The third kappa shape index (κ3) is 4.92. The van der Waals surface area contributed by atoms with E-state index in [0.29, 0.717) is 28.0 Å². The molecule has 0 aliphatic carbocycles. The van der Waals surface area contributed by atoms with E-state index in [0.717, 1.165) is 11.1 Å². The average molecular weight is 399 g/mol. The van der Waals surface area contributed by atoms with Gasteiger partial charge >= 0.3 is 0 Å². The van der Waals surface area contributed by atoms with Crippen LogP contribution in [0.15, 0.2) is 64.1 Å². The summed E-state index contributed by atoms with van der Waals surface area (Å²) < 4.78 is 16.3. The Labute approximate surface area is 167 Å². The summed E-state index contributed by atoms with van der Waals surface area (Å²) in [5.74, 6) is 1.79. The maximum absolute atomic E-state index is 11.9. The highest BCUT2D eigenvalue weighted by atomic mass is 35.5. The summed E-state index contributed by atoms with van der Waals surface area (Å²) in [5, 5.41) is 4.55. The Kier molecular flexibility index (Phi) is 6.34. The minimum Gasteiger partial charge on any atom is -0.493 e. The molecule has 0 fully saturated rings. The number of amides is 1. The lowest BCUT2D eigenvalue weighted by Gasteiger charge is -2.08. The number of benzene rings is 2. The first-order valence-electron chi connectivity index (χ1n) is 8.51. The lowest BCUT2D eigenvalue weighted by atomic mass is 10.1. The third-order valence-corrected chi connectivity index (χ3v) is 4.30. The van der Waals surface area contributed by atoms with Crippen LogP contribution in [0.25, 0.3) is 11.3 Å². The van der Waals surface area contributed by atoms with Gasteiger partial charge in [-0.1, -0.05) is 35.9 Å². The first-order chi connectivity index (χ1) is 13.6. The molecule has 1 N–H and O–H groups in total. The number of furan rings is 1. The predicted molar refractivity (Wildman–Crippen MR) is 108 cm³/mol. The molecule has 0 saturated heterocycles. The number of ether oxygens (including phenoxy) is 2. The number of rotatable bonds is 7. The van der Waals surface area contributed by atoms with E-state index in [1.165, 1.54) is 13.3 Å². The molecule has 0 radical (unpaired) electrons. The molecule has 0 bridgehead atoms. The highest BCUT2D eigenvalue weighted by Gasteiger charge is 2.07. The van der Waals surface area contributed by atoms with E-state index in [4.69, 9.17) is 25.5 Å². The largest absolute Gasteiger partial charge is 0.493 e. The fourth-order valence-corrected chi connectivity index (χ4v) is 2.59.